The Morgan fingerprint density at radius 1 is 1.06 bits per heavy atom. The van der Waals surface area contributed by atoms with E-state index in [9.17, 15) is 13.2 Å². The van der Waals surface area contributed by atoms with Gasteiger partial charge in [0.05, 0.1) is 21.7 Å². The normalized spacial score (nSPS) is 15.2. The van der Waals surface area contributed by atoms with Gasteiger partial charge in [-0.3, -0.25) is 4.79 Å². The molecule has 36 heavy (non-hydrogen) atoms. The number of likely N-dealkylation sites (tertiary alicyclic amines) is 1. The van der Waals surface area contributed by atoms with E-state index in [2.05, 4.69) is 24.3 Å². The van der Waals surface area contributed by atoms with Crippen LogP contribution in [0.1, 0.15) is 39.2 Å². The highest BCUT2D eigenvalue weighted by Crippen LogP contribution is 2.28. The minimum absolute atomic E-state index is 0.137. The number of imidazole rings is 1. The molecule has 2 aromatic carbocycles. The molecule has 1 fully saturated rings. The van der Waals surface area contributed by atoms with E-state index in [1.54, 1.807) is 12.1 Å². The lowest BCUT2D eigenvalue weighted by atomic mass is 9.90. The van der Waals surface area contributed by atoms with Crippen LogP contribution in [-0.4, -0.2) is 65.0 Å². The smallest absolute Gasteiger partial charge is 0.243 e. The third-order valence-corrected chi connectivity index (χ3v) is 10.0. The molecule has 9 heteroatoms. The van der Waals surface area contributed by atoms with Crippen LogP contribution in [0.25, 0.3) is 11.0 Å². The second-order valence-corrected chi connectivity index (χ2v) is 12.1. The van der Waals surface area contributed by atoms with Crippen molar-refractivity contribution in [2.75, 3.05) is 31.9 Å². The summed E-state index contributed by atoms with van der Waals surface area (Å²) in [5.74, 6) is 1.09. The van der Waals surface area contributed by atoms with Crippen LogP contribution in [0.15, 0.2) is 58.6 Å². The molecule has 7 nitrogen and oxygen atoms in total. The zero-order chi connectivity index (χ0) is 25.7. The number of hydrogen-bond acceptors (Lipinski definition) is 5. The molecule has 0 aliphatic carbocycles. The van der Waals surface area contributed by atoms with Crippen molar-refractivity contribution < 1.29 is 13.2 Å². The van der Waals surface area contributed by atoms with Crippen LogP contribution in [-0.2, 0) is 27.8 Å². The predicted molar refractivity (Wildman–Crippen MR) is 146 cm³/mol. The molecule has 1 aliphatic rings. The van der Waals surface area contributed by atoms with Gasteiger partial charge in [-0.25, -0.2) is 13.4 Å². The van der Waals surface area contributed by atoms with E-state index in [0.717, 1.165) is 43.0 Å². The molecular formula is C27H36N4O3S2. The van der Waals surface area contributed by atoms with Crippen molar-refractivity contribution in [3.05, 3.63) is 54.1 Å². The maximum atomic E-state index is 13.0. The highest BCUT2D eigenvalue weighted by atomic mass is 32.2. The molecule has 0 radical (unpaired) electrons. The van der Waals surface area contributed by atoms with Crippen LogP contribution in [0.2, 0.25) is 0 Å². The lowest BCUT2D eigenvalue weighted by Crippen LogP contribution is -2.39. The number of nitrogens with zero attached hydrogens (tertiary/aromatic N) is 4. The first-order chi connectivity index (χ1) is 17.4. The highest BCUT2D eigenvalue weighted by molar-refractivity contribution is 7.99. The summed E-state index contributed by atoms with van der Waals surface area (Å²) in [5, 5.41) is 0.747. The Labute approximate surface area is 218 Å². The molecule has 2 heterocycles. The van der Waals surface area contributed by atoms with E-state index in [1.165, 1.54) is 21.6 Å². The fraction of sp³-hybridized carbons (Fsp3) is 0.481. The SMILES string of the molecule is CCN(CC)S(=O)(=O)c1ccc2c(c1)nc(SCC(=O)N1CCC(Cc3ccccc3)CC1)n2CC. The Morgan fingerprint density at radius 2 is 1.75 bits per heavy atom. The van der Waals surface area contributed by atoms with E-state index >= 15 is 0 Å². The second kappa shape index (κ2) is 11.8. The standard InChI is InChI=1S/C27H36N4O3S2/c1-4-30(5-2)36(33,34)23-12-13-25-24(19-23)28-27(31(25)6-3)35-20-26(32)29-16-14-22(15-17-29)18-21-10-8-7-9-11-21/h7-13,19,22H,4-6,14-18,20H2,1-3H3. The summed E-state index contributed by atoms with van der Waals surface area (Å²) in [6.45, 7) is 8.85. The summed E-state index contributed by atoms with van der Waals surface area (Å²) in [6.07, 6.45) is 3.13. The van der Waals surface area contributed by atoms with Gasteiger partial charge in [0.25, 0.3) is 0 Å². The number of hydrogen-bond donors (Lipinski definition) is 0. The Hall–Kier alpha value is -2.36. The summed E-state index contributed by atoms with van der Waals surface area (Å²) in [6, 6.07) is 15.7. The van der Waals surface area contributed by atoms with Crippen LogP contribution in [0.4, 0.5) is 0 Å². The minimum atomic E-state index is -3.55. The zero-order valence-electron chi connectivity index (χ0n) is 21.4. The van der Waals surface area contributed by atoms with Gasteiger partial charge in [-0.1, -0.05) is 55.9 Å². The monoisotopic (exact) mass is 528 g/mol. The van der Waals surface area contributed by atoms with E-state index in [0.29, 0.717) is 36.8 Å². The van der Waals surface area contributed by atoms with Gasteiger partial charge in [0.15, 0.2) is 5.16 Å². The molecule has 0 unspecified atom stereocenters. The molecule has 1 saturated heterocycles. The summed E-state index contributed by atoms with van der Waals surface area (Å²) in [4.78, 5) is 19.9. The third-order valence-electron chi connectivity index (χ3n) is 7.00. The fourth-order valence-electron chi connectivity index (χ4n) is 4.93. The van der Waals surface area contributed by atoms with Gasteiger partial charge in [0, 0.05) is 32.7 Å². The first-order valence-electron chi connectivity index (χ1n) is 12.8. The van der Waals surface area contributed by atoms with E-state index in [4.69, 9.17) is 4.98 Å². The molecule has 3 aromatic rings. The van der Waals surface area contributed by atoms with Crippen LogP contribution >= 0.6 is 11.8 Å². The lowest BCUT2D eigenvalue weighted by molar-refractivity contribution is -0.129. The van der Waals surface area contributed by atoms with Gasteiger partial charge in [-0.2, -0.15) is 4.31 Å². The Morgan fingerprint density at radius 3 is 2.39 bits per heavy atom. The lowest BCUT2D eigenvalue weighted by Gasteiger charge is -2.32. The largest absolute Gasteiger partial charge is 0.342 e. The number of thioether (sulfide) groups is 1. The molecule has 0 atom stereocenters. The van der Waals surface area contributed by atoms with Crippen LogP contribution in [0.5, 0.6) is 0 Å². The number of benzene rings is 2. The summed E-state index contributed by atoms with van der Waals surface area (Å²) in [5.41, 5.74) is 2.89. The average Bonchev–Trinajstić information content (AvgIpc) is 3.25. The maximum absolute atomic E-state index is 13.0. The first-order valence-corrected chi connectivity index (χ1v) is 15.2. The quantitative estimate of drug-likeness (QED) is 0.358. The van der Waals surface area contributed by atoms with Crippen molar-refractivity contribution in [3.63, 3.8) is 0 Å². The molecule has 194 valence electrons. The maximum Gasteiger partial charge on any atom is 0.243 e. The number of piperidine rings is 1. The molecule has 0 saturated carbocycles. The van der Waals surface area contributed by atoms with Crippen molar-refractivity contribution >= 4 is 38.7 Å². The molecule has 4 rings (SSSR count). The van der Waals surface area contributed by atoms with E-state index < -0.39 is 10.0 Å². The van der Waals surface area contributed by atoms with Crippen molar-refractivity contribution in [3.8, 4) is 0 Å². The number of sulfonamides is 1. The molecule has 1 aliphatic heterocycles. The van der Waals surface area contributed by atoms with Crippen LogP contribution in [0.3, 0.4) is 0 Å². The topological polar surface area (TPSA) is 75.5 Å². The zero-order valence-corrected chi connectivity index (χ0v) is 23.0. The van der Waals surface area contributed by atoms with Crippen molar-refractivity contribution in [2.24, 2.45) is 5.92 Å². The number of rotatable bonds is 10. The number of fused-ring (bicyclic) bond motifs is 1. The minimum Gasteiger partial charge on any atom is -0.342 e. The van der Waals surface area contributed by atoms with E-state index in [1.807, 2.05) is 42.4 Å². The second-order valence-electron chi connectivity index (χ2n) is 9.18. The number of carbonyl (C=O) groups is 1. The van der Waals surface area contributed by atoms with Gasteiger partial charge < -0.3 is 9.47 Å². The number of carbonyl (C=O) groups excluding carboxylic acids is 1. The van der Waals surface area contributed by atoms with Crippen molar-refractivity contribution in [2.45, 2.75) is 56.6 Å². The number of aromatic nitrogens is 2. The average molecular weight is 529 g/mol. The van der Waals surface area contributed by atoms with Crippen LogP contribution < -0.4 is 0 Å². The Balaban J connectivity index is 1.40. The molecular weight excluding hydrogens is 492 g/mol. The van der Waals surface area contributed by atoms with Gasteiger partial charge in [0.2, 0.25) is 15.9 Å². The highest BCUT2D eigenvalue weighted by Gasteiger charge is 2.25. The molecule has 1 amide bonds. The number of amides is 1. The molecule has 0 bridgehead atoms. The predicted octanol–water partition coefficient (Wildman–Crippen LogP) is 4.66. The van der Waals surface area contributed by atoms with Crippen molar-refractivity contribution in [1.29, 1.82) is 0 Å². The van der Waals surface area contributed by atoms with Gasteiger partial charge >= 0.3 is 0 Å². The molecule has 1 aromatic heterocycles. The van der Waals surface area contributed by atoms with Gasteiger partial charge in [0.1, 0.15) is 0 Å². The molecule has 0 spiro atoms. The summed E-state index contributed by atoms with van der Waals surface area (Å²) >= 11 is 1.43. The van der Waals surface area contributed by atoms with Gasteiger partial charge in [-0.05, 0) is 55.9 Å². The fourth-order valence-corrected chi connectivity index (χ4v) is 7.39. The third kappa shape index (κ3) is 5.79. The van der Waals surface area contributed by atoms with E-state index in [-0.39, 0.29) is 10.8 Å². The van der Waals surface area contributed by atoms with Crippen molar-refractivity contribution in [1.82, 2.24) is 18.8 Å². The van der Waals surface area contributed by atoms with Crippen LogP contribution in [0, 0.1) is 5.92 Å². The summed E-state index contributed by atoms with van der Waals surface area (Å²) in [7, 11) is -3.55. The first kappa shape index (κ1) is 26.7. The Bertz CT molecular complexity index is 1280. The number of aryl methyl sites for hydroxylation is 1. The van der Waals surface area contributed by atoms with Gasteiger partial charge in [-0.15, -0.1) is 0 Å². The summed E-state index contributed by atoms with van der Waals surface area (Å²) < 4.78 is 29.4. The molecule has 0 N–H and O–H groups in total. The Kier molecular flexibility index (Phi) is 8.74.